The Morgan fingerprint density at radius 2 is 1.70 bits per heavy atom. The largest absolute Gasteiger partial charge is 0.327 e. The van der Waals surface area contributed by atoms with Gasteiger partial charge in [0.2, 0.25) is 0 Å². The molecule has 0 saturated heterocycles. The van der Waals surface area contributed by atoms with Crippen LogP contribution in [-0.4, -0.2) is 6.04 Å². The van der Waals surface area contributed by atoms with Gasteiger partial charge in [0.15, 0.2) is 11.6 Å². The second-order valence-corrected chi connectivity index (χ2v) is 6.18. The van der Waals surface area contributed by atoms with Crippen molar-refractivity contribution >= 4 is 23.4 Å². The van der Waals surface area contributed by atoms with Crippen molar-refractivity contribution in [2.75, 3.05) is 0 Å². The smallest absolute Gasteiger partial charge is 0.159 e. The number of benzene rings is 2. The number of halogens is 3. The third kappa shape index (κ3) is 3.72. The lowest BCUT2D eigenvalue weighted by Crippen LogP contribution is -2.22. The van der Waals surface area contributed by atoms with Gasteiger partial charge in [-0.2, -0.15) is 0 Å². The van der Waals surface area contributed by atoms with E-state index in [2.05, 4.69) is 0 Å². The second kappa shape index (κ2) is 6.57. The maximum Gasteiger partial charge on any atom is 0.159 e. The van der Waals surface area contributed by atoms with Crippen LogP contribution in [-0.2, 0) is 0 Å². The Hall–Kier alpha value is -1.10. The minimum absolute atomic E-state index is 0.0582. The van der Waals surface area contributed by atoms with Gasteiger partial charge in [-0.1, -0.05) is 23.7 Å². The van der Waals surface area contributed by atoms with Gasteiger partial charge < -0.3 is 5.73 Å². The highest BCUT2D eigenvalue weighted by Crippen LogP contribution is 2.37. The third-order valence-corrected chi connectivity index (χ3v) is 4.56. The Morgan fingerprint density at radius 1 is 1.05 bits per heavy atom. The van der Waals surface area contributed by atoms with E-state index in [1.165, 1.54) is 17.8 Å². The SMILES string of the molecule is CC(N)C(Sc1ccc(F)c(F)c1)c1ccc(Cl)cc1. The summed E-state index contributed by atoms with van der Waals surface area (Å²) in [5.74, 6) is -1.70. The molecule has 0 heterocycles. The molecular formula is C15H14ClF2NS. The fraction of sp³-hybridized carbons (Fsp3) is 0.200. The first-order chi connectivity index (χ1) is 9.47. The molecule has 0 bridgehead atoms. The van der Waals surface area contributed by atoms with Gasteiger partial charge in [-0.15, -0.1) is 11.8 Å². The molecule has 1 nitrogen and oxygen atoms in total. The summed E-state index contributed by atoms with van der Waals surface area (Å²) in [6.07, 6.45) is 0. The second-order valence-electron chi connectivity index (χ2n) is 4.53. The van der Waals surface area contributed by atoms with E-state index in [1.54, 1.807) is 18.2 Å². The van der Waals surface area contributed by atoms with Gasteiger partial charge in [0.25, 0.3) is 0 Å². The van der Waals surface area contributed by atoms with E-state index in [-0.39, 0.29) is 11.3 Å². The lowest BCUT2D eigenvalue weighted by atomic mass is 10.1. The quantitative estimate of drug-likeness (QED) is 0.821. The number of nitrogens with two attached hydrogens (primary N) is 1. The highest BCUT2D eigenvalue weighted by atomic mass is 35.5. The summed E-state index contributed by atoms with van der Waals surface area (Å²) in [6.45, 7) is 1.88. The van der Waals surface area contributed by atoms with Crippen molar-refractivity contribution in [1.29, 1.82) is 0 Å². The molecule has 106 valence electrons. The van der Waals surface area contributed by atoms with Gasteiger partial charge in [0.1, 0.15) is 0 Å². The van der Waals surface area contributed by atoms with Gasteiger partial charge in [0, 0.05) is 21.2 Å². The van der Waals surface area contributed by atoms with Crippen LogP contribution >= 0.6 is 23.4 Å². The van der Waals surface area contributed by atoms with E-state index in [1.807, 2.05) is 19.1 Å². The molecule has 0 aliphatic heterocycles. The Bertz CT molecular complexity index is 587. The first-order valence-corrected chi connectivity index (χ1v) is 7.36. The van der Waals surface area contributed by atoms with Crippen LogP contribution in [0.5, 0.6) is 0 Å². The predicted octanol–water partition coefficient (Wildman–Crippen LogP) is 4.80. The average molecular weight is 314 g/mol. The molecule has 0 radical (unpaired) electrons. The fourth-order valence-corrected chi connectivity index (χ4v) is 3.07. The zero-order valence-electron chi connectivity index (χ0n) is 10.8. The van der Waals surface area contributed by atoms with E-state index < -0.39 is 11.6 Å². The zero-order valence-corrected chi connectivity index (χ0v) is 12.4. The van der Waals surface area contributed by atoms with Crippen LogP contribution in [0.1, 0.15) is 17.7 Å². The number of hydrogen-bond donors (Lipinski definition) is 1. The molecule has 5 heteroatoms. The normalized spacial score (nSPS) is 14.1. The Balaban J connectivity index is 2.25. The van der Waals surface area contributed by atoms with E-state index in [0.29, 0.717) is 9.92 Å². The van der Waals surface area contributed by atoms with Crippen LogP contribution in [0, 0.1) is 11.6 Å². The summed E-state index contributed by atoms with van der Waals surface area (Å²) < 4.78 is 26.2. The highest BCUT2D eigenvalue weighted by Gasteiger charge is 2.18. The Kier molecular flexibility index (Phi) is 5.02. The molecule has 2 atom stereocenters. The number of hydrogen-bond acceptors (Lipinski definition) is 2. The molecule has 0 fully saturated rings. The van der Waals surface area contributed by atoms with Crippen molar-refractivity contribution < 1.29 is 8.78 Å². The van der Waals surface area contributed by atoms with Crippen molar-refractivity contribution in [3.63, 3.8) is 0 Å². The molecule has 0 saturated carbocycles. The maximum atomic E-state index is 13.2. The zero-order chi connectivity index (χ0) is 14.7. The number of thioether (sulfide) groups is 1. The van der Waals surface area contributed by atoms with Crippen molar-refractivity contribution in [3.05, 3.63) is 64.7 Å². The maximum absolute atomic E-state index is 13.2. The first kappa shape index (κ1) is 15.3. The van der Waals surface area contributed by atoms with Crippen LogP contribution in [0.3, 0.4) is 0 Å². The van der Waals surface area contributed by atoms with Crippen molar-refractivity contribution in [2.45, 2.75) is 23.1 Å². The molecule has 2 rings (SSSR count). The molecule has 0 amide bonds. The van der Waals surface area contributed by atoms with E-state index in [9.17, 15) is 8.78 Å². The molecule has 2 aromatic rings. The van der Waals surface area contributed by atoms with Crippen molar-refractivity contribution in [2.24, 2.45) is 5.73 Å². The van der Waals surface area contributed by atoms with E-state index in [4.69, 9.17) is 17.3 Å². The van der Waals surface area contributed by atoms with Crippen LogP contribution in [0.25, 0.3) is 0 Å². The predicted molar refractivity (Wildman–Crippen MR) is 80.1 cm³/mol. The summed E-state index contributed by atoms with van der Waals surface area (Å²) in [4.78, 5) is 0.640. The molecule has 0 spiro atoms. The Morgan fingerprint density at radius 3 is 2.25 bits per heavy atom. The van der Waals surface area contributed by atoms with Gasteiger partial charge in [0.05, 0.1) is 0 Å². The Labute approximate surface area is 126 Å². The molecular weight excluding hydrogens is 300 g/mol. The molecule has 2 unspecified atom stereocenters. The summed E-state index contributed by atoms with van der Waals surface area (Å²) in [5, 5.41) is 0.590. The van der Waals surface area contributed by atoms with Gasteiger partial charge in [-0.25, -0.2) is 8.78 Å². The molecule has 20 heavy (non-hydrogen) atoms. The van der Waals surface area contributed by atoms with Crippen molar-refractivity contribution in [1.82, 2.24) is 0 Å². The topological polar surface area (TPSA) is 26.0 Å². The highest BCUT2D eigenvalue weighted by molar-refractivity contribution is 7.99. The van der Waals surface area contributed by atoms with Crippen LogP contribution in [0.2, 0.25) is 5.02 Å². The molecule has 2 aromatic carbocycles. The molecule has 0 aliphatic rings. The van der Waals surface area contributed by atoms with Crippen LogP contribution < -0.4 is 5.73 Å². The molecule has 0 aromatic heterocycles. The van der Waals surface area contributed by atoms with E-state index in [0.717, 1.165) is 11.6 Å². The van der Waals surface area contributed by atoms with Crippen LogP contribution in [0.15, 0.2) is 47.4 Å². The monoisotopic (exact) mass is 313 g/mol. The van der Waals surface area contributed by atoms with Gasteiger partial charge in [-0.05, 0) is 42.8 Å². The fourth-order valence-electron chi connectivity index (χ4n) is 1.83. The number of rotatable bonds is 4. The van der Waals surface area contributed by atoms with Crippen molar-refractivity contribution in [3.8, 4) is 0 Å². The average Bonchev–Trinajstić information content (AvgIpc) is 2.41. The van der Waals surface area contributed by atoms with Crippen LogP contribution in [0.4, 0.5) is 8.78 Å². The minimum Gasteiger partial charge on any atom is -0.327 e. The lowest BCUT2D eigenvalue weighted by molar-refractivity contribution is 0.506. The third-order valence-electron chi connectivity index (χ3n) is 2.83. The molecule has 0 aliphatic carbocycles. The van der Waals surface area contributed by atoms with Gasteiger partial charge >= 0.3 is 0 Å². The first-order valence-electron chi connectivity index (χ1n) is 6.10. The summed E-state index contributed by atoms with van der Waals surface area (Å²) >= 11 is 7.27. The standard InChI is InChI=1S/C15H14ClF2NS/c1-9(19)15(10-2-4-11(16)5-3-10)20-12-6-7-13(17)14(18)8-12/h2-9,15H,19H2,1H3. The molecule has 2 N–H and O–H groups in total. The van der Waals surface area contributed by atoms with E-state index >= 15 is 0 Å². The lowest BCUT2D eigenvalue weighted by Gasteiger charge is -2.21. The van der Waals surface area contributed by atoms with Gasteiger partial charge in [-0.3, -0.25) is 0 Å². The summed E-state index contributed by atoms with van der Waals surface area (Å²) in [6, 6.07) is 11.1. The summed E-state index contributed by atoms with van der Waals surface area (Å²) in [7, 11) is 0. The summed E-state index contributed by atoms with van der Waals surface area (Å²) in [5.41, 5.74) is 7.00. The minimum atomic E-state index is -0.852.